The summed E-state index contributed by atoms with van der Waals surface area (Å²) in [5, 5.41) is 0. The van der Waals surface area contributed by atoms with E-state index in [1.54, 1.807) is 0 Å². The van der Waals surface area contributed by atoms with Gasteiger partial charge in [-0.05, 0) is 5.56 Å². The van der Waals surface area contributed by atoms with E-state index in [4.69, 9.17) is 9.47 Å². The van der Waals surface area contributed by atoms with Gasteiger partial charge in [0.1, 0.15) is 6.10 Å². The van der Waals surface area contributed by atoms with E-state index in [1.165, 1.54) is 5.56 Å². The highest BCUT2D eigenvalue weighted by molar-refractivity contribution is 5.14. The quantitative estimate of drug-likeness (QED) is 0.654. The minimum absolute atomic E-state index is 0.366. The van der Waals surface area contributed by atoms with Crippen LogP contribution in [0, 0.1) is 0 Å². The lowest BCUT2D eigenvalue weighted by atomic mass is 9.96. The molecule has 13 heavy (non-hydrogen) atoms. The van der Waals surface area contributed by atoms with Gasteiger partial charge in [0.05, 0.1) is 18.8 Å². The Kier molecular flexibility index (Phi) is 1.64. The van der Waals surface area contributed by atoms with Crippen molar-refractivity contribution in [3.05, 3.63) is 35.9 Å². The van der Waals surface area contributed by atoms with E-state index in [1.807, 2.05) is 18.2 Å². The minimum Gasteiger partial charge on any atom is -0.371 e. The first-order valence-corrected chi connectivity index (χ1v) is 4.74. The molecule has 1 aliphatic heterocycles. The van der Waals surface area contributed by atoms with E-state index in [0.29, 0.717) is 18.3 Å². The summed E-state index contributed by atoms with van der Waals surface area (Å²) < 4.78 is 11.0. The molecule has 0 amide bonds. The van der Waals surface area contributed by atoms with Gasteiger partial charge < -0.3 is 9.47 Å². The van der Waals surface area contributed by atoms with Crippen molar-refractivity contribution in [2.45, 2.75) is 31.3 Å². The maximum Gasteiger partial charge on any atom is 0.110 e. The van der Waals surface area contributed by atoms with Crippen molar-refractivity contribution in [2.75, 3.05) is 0 Å². The molecule has 1 aromatic carbocycles. The van der Waals surface area contributed by atoms with Gasteiger partial charge in [-0.25, -0.2) is 0 Å². The monoisotopic (exact) mass is 176 g/mol. The highest BCUT2D eigenvalue weighted by Gasteiger charge is 2.56. The van der Waals surface area contributed by atoms with Gasteiger partial charge in [-0.3, -0.25) is 0 Å². The molecule has 0 radical (unpaired) electrons. The van der Waals surface area contributed by atoms with Gasteiger partial charge in [0.15, 0.2) is 0 Å². The second-order valence-electron chi connectivity index (χ2n) is 3.71. The van der Waals surface area contributed by atoms with Crippen LogP contribution >= 0.6 is 0 Å². The molecule has 1 aliphatic carbocycles. The van der Waals surface area contributed by atoms with Gasteiger partial charge in [-0.1, -0.05) is 30.3 Å². The molecule has 2 fully saturated rings. The van der Waals surface area contributed by atoms with Crippen LogP contribution in [0.5, 0.6) is 0 Å². The second-order valence-corrected chi connectivity index (χ2v) is 3.71. The maximum absolute atomic E-state index is 5.69. The van der Waals surface area contributed by atoms with Gasteiger partial charge in [0.25, 0.3) is 0 Å². The Labute approximate surface area is 77.5 Å². The van der Waals surface area contributed by atoms with Crippen LogP contribution < -0.4 is 0 Å². The van der Waals surface area contributed by atoms with E-state index in [0.717, 1.165) is 13.0 Å². The molecule has 68 valence electrons. The van der Waals surface area contributed by atoms with E-state index >= 15 is 0 Å². The van der Waals surface area contributed by atoms with Gasteiger partial charge in [0, 0.05) is 6.42 Å². The Bertz CT molecular complexity index is 296. The highest BCUT2D eigenvalue weighted by atomic mass is 16.6. The minimum atomic E-state index is 0.366. The molecule has 0 spiro atoms. The SMILES string of the molecule is c1ccc(COC2CC3OC23)cc1. The second kappa shape index (κ2) is 2.82. The Hall–Kier alpha value is -0.860. The molecule has 2 aliphatic rings. The lowest BCUT2D eigenvalue weighted by Gasteiger charge is -2.20. The molecule has 1 aromatic rings. The number of epoxide rings is 1. The van der Waals surface area contributed by atoms with Crippen LogP contribution in [0.2, 0.25) is 0 Å². The molecule has 1 saturated heterocycles. The fourth-order valence-corrected chi connectivity index (χ4v) is 1.78. The zero-order valence-electron chi connectivity index (χ0n) is 7.35. The van der Waals surface area contributed by atoms with Crippen molar-refractivity contribution in [2.24, 2.45) is 0 Å². The van der Waals surface area contributed by atoms with E-state index in [2.05, 4.69) is 12.1 Å². The number of ether oxygens (including phenoxy) is 2. The number of benzene rings is 1. The van der Waals surface area contributed by atoms with Crippen molar-refractivity contribution in [3.8, 4) is 0 Å². The van der Waals surface area contributed by atoms with Crippen LogP contribution in [0.25, 0.3) is 0 Å². The fourth-order valence-electron chi connectivity index (χ4n) is 1.78. The van der Waals surface area contributed by atoms with Gasteiger partial charge in [0.2, 0.25) is 0 Å². The fraction of sp³-hybridized carbons (Fsp3) is 0.455. The molecular formula is C11H12O2. The Morgan fingerprint density at radius 1 is 1.31 bits per heavy atom. The van der Waals surface area contributed by atoms with Crippen LogP contribution in [0.15, 0.2) is 30.3 Å². The average Bonchev–Trinajstić information content (AvgIpc) is 2.79. The summed E-state index contributed by atoms with van der Waals surface area (Å²) in [5.74, 6) is 0. The summed E-state index contributed by atoms with van der Waals surface area (Å²) in [7, 11) is 0. The van der Waals surface area contributed by atoms with Crippen molar-refractivity contribution in [1.82, 2.24) is 0 Å². The number of rotatable bonds is 3. The van der Waals surface area contributed by atoms with Crippen molar-refractivity contribution in [1.29, 1.82) is 0 Å². The topological polar surface area (TPSA) is 21.8 Å². The first kappa shape index (κ1) is 7.54. The number of hydrogen-bond donors (Lipinski definition) is 0. The van der Waals surface area contributed by atoms with Crippen LogP contribution in [-0.2, 0) is 16.1 Å². The molecule has 0 bridgehead atoms. The maximum atomic E-state index is 5.69. The standard InChI is InChI=1S/C11H12O2/c1-2-4-8(5-3-1)7-12-9-6-10-11(9)13-10/h1-5,9-11H,6-7H2. The third kappa shape index (κ3) is 1.36. The summed E-state index contributed by atoms with van der Waals surface area (Å²) in [6.07, 6.45) is 2.44. The molecule has 3 atom stereocenters. The van der Waals surface area contributed by atoms with Gasteiger partial charge in [-0.2, -0.15) is 0 Å². The molecule has 0 N–H and O–H groups in total. The third-order valence-electron chi connectivity index (χ3n) is 2.76. The van der Waals surface area contributed by atoms with Crippen LogP contribution in [0.4, 0.5) is 0 Å². The van der Waals surface area contributed by atoms with Crippen LogP contribution in [0.3, 0.4) is 0 Å². The zero-order chi connectivity index (χ0) is 8.67. The molecule has 3 unspecified atom stereocenters. The predicted molar refractivity (Wildman–Crippen MR) is 48.3 cm³/mol. The van der Waals surface area contributed by atoms with E-state index < -0.39 is 0 Å². The summed E-state index contributed by atoms with van der Waals surface area (Å²) in [5.41, 5.74) is 1.24. The van der Waals surface area contributed by atoms with E-state index in [-0.39, 0.29) is 0 Å². The molecule has 3 rings (SSSR count). The largest absolute Gasteiger partial charge is 0.371 e. The van der Waals surface area contributed by atoms with Crippen LogP contribution in [-0.4, -0.2) is 18.3 Å². The summed E-state index contributed by atoms with van der Waals surface area (Å²) >= 11 is 0. The lowest BCUT2D eigenvalue weighted by Crippen LogP contribution is -2.32. The van der Waals surface area contributed by atoms with Gasteiger partial charge in [-0.15, -0.1) is 0 Å². The van der Waals surface area contributed by atoms with Gasteiger partial charge >= 0.3 is 0 Å². The van der Waals surface area contributed by atoms with Crippen molar-refractivity contribution in [3.63, 3.8) is 0 Å². The molecular weight excluding hydrogens is 164 g/mol. The Morgan fingerprint density at radius 2 is 2.15 bits per heavy atom. The molecule has 1 heterocycles. The normalized spacial score (nSPS) is 34.9. The predicted octanol–water partition coefficient (Wildman–Crippen LogP) is 1.74. The third-order valence-corrected chi connectivity index (χ3v) is 2.76. The first-order valence-electron chi connectivity index (χ1n) is 4.74. The molecule has 0 aromatic heterocycles. The van der Waals surface area contributed by atoms with Crippen molar-refractivity contribution >= 4 is 0 Å². The average molecular weight is 176 g/mol. The molecule has 2 nitrogen and oxygen atoms in total. The zero-order valence-corrected chi connectivity index (χ0v) is 7.35. The Morgan fingerprint density at radius 3 is 2.77 bits per heavy atom. The summed E-state index contributed by atoms with van der Waals surface area (Å²) in [4.78, 5) is 0. The molecule has 2 heteroatoms. The first-order chi connectivity index (χ1) is 6.43. The number of hydrogen-bond acceptors (Lipinski definition) is 2. The molecule has 1 saturated carbocycles. The van der Waals surface area contributed by atoms with E-state index in [9.17, 15) is 0 Å². The lowest BCUT2D eigenvalue weighted by molar-refractivity contribution is 0.00763. The smallest absolute Gasteiger partial charge is 0.110 e. The van der Waals surface area contributed by atoms with Crippen molar-refractivity contribution < 1.29 is 9.47 Å². The summed E-state index contributed by atoms with van der Waals surface area (Å²) in [6, 6.07) is 10.3. The summed E-state index contributed by atoms with van der Waals surface area (Å²) in [6.45, 7) is 0.720. The van der Waals surface area contributed by atoms with Crippen LogP contribution in [0.1, 0.15) is 12.0 Å². The highest BCUT2D eigenvalue weighted by Crippen LogP contribution is 2.43. The Balaban J connectivity index is 1.53. The number of fused-ring (bicyclic) bond motifs is 1.